The Bertz CT molecular complexity index is 928. The molecule has 0 amide bonds. The van der Waals surface area contributed by atoms with Gasteiger partial charge in [0.1, 0.15) is 12.2 Å². The first kappa shape index (κ1) is 25.6. The fourth-order valence-electron chi connectivity index (χ4n) is 3.21. The maximum Gasteiger partial charge on any atom is 0.191 e. The van der Waals surface area contributed by atoms with E-state index in [1.807, 2.05) is 18.2 Å². The number of rotatable bonds is 10. The largest absolute Gasteiger partial charge is 0.355 e. The van der Waals surface area contributed by atoms with Crippen molar-refractivity contribution in [1.29, 1.82) is 0 Å². The van der Waals surface area contributed by atoms with Crippen LogP contribution < -0.4 is 10.6 Å². The van der Waals surface area contributed by atoms with Crippen molar-refractivity contribution in [1.82, 2.24) is 25.4 Å². The average molecular weight is 573 g/mol. The fraction of sp³-hybridized carbons (Fsp3) is 0.409. The van der Waals surface area contributed by atoms with E-state index in [1.54, 1.807) is 17.7 Å². The summed E-state index contributed by atoms with van der Waals surface area (Å²) in [6.07, 6.45) is 4.48. The lowest BCUT2D eigenvalue weighted by molar-refractivity contribution is 0.595. The molecule has 0 aliphatic heterocycles. The van der Waals surface area contributed by atoms with Crippen LogP contribution in [0.4, 0.5) is 0 Å². The minimum atomic E-state index is 0. The van der Waals surface area contributed by atoms with Crippen LogP contribution in [0.5, 0.6) is 0 Å². The Morgan fingerprint density at radius 2 is 2.13 bits per heavy atom. The van der Waals surface area contributed by atoms with Crippen LogP contribution in [0.1, 0.15) is 42.6 Å². The van der Waals surface area contributed by atoms with Gasteiger partial charge in [0.25, 0.3) is 0 Å². The molecule has 0 bridgehead atoms. The Morgan fingerprint density at radius 3 is 2.84 bits per heavy atom. The van der Waals surface area contributed by atoms with Gasteiger partial charge in [-0.15, -0.1) is 45.5 Å². The molecule has 0 radical (unpaired) electrons. The summed E-state index contributed by atoms with van der Waals surface area (Å²) in [4.78, 5) is 6.14. The van der Waals surface area contributed by atoms with E-state index in [4.69, 9.17) is 16.6 Å². The number of aromatic nitrogens is 3. The van der Waals surface area contributed by atoms with Crippen molar-refractivity contribution in [3.8, 4) is 0 Å². The predicted octanol–water partition coefficient (Wildman–Crippen LogP) is 5.10. The molecule has 2 heterocycles. The summed E-state index contributed by atoms with van der Waals surface area (Å²) in [6.45, 7) is 6.50. The van der Waals surface area contributed by atoms with Crippen molar-refractivity contribution < 1.29 is 0 Å². The van der Waals surface area contributed by atoms with Gasteiger partial charge in [-0.3, -0.25) is 4.99 Å². The highest BCUT2D eigenvalue weighted by Gasteiger charge is 2.12. The molecule has 1 unspecified atom stereocenters. The van der Waals surface area contributed by atoms with E-state index in [1.165, 1.54) is 10.4 Å². The minimum Gasteiger partial charge on any atom is -0.355 e. The summed E-state index contributed by atoms with van der Waals surface area (Å²) in [7, 11) is 0. The molecule has 0 aliphatic rings. The van der Waals surface area contributed by atoms with Crippen molar-refractivity contribution >= 4 is 52.9 Å². The van der Waals surface area contributed by atoms with Gasteiger partial charge in [-0.1, -0.05) is 43.6 Å². The van der Waals surface area contributed by atoms with E-state index in [0.717, 1.165) is 49.2 Å². The Kier molecular flexibility index (Phi) is 11.3. The first-order chi connectivity index (χ1) is 14.7. The van der Waals surface area contributed by atoms with Crippen LogP contribution in [-0.2, 0) is 19.4 Å². The maximum atomic E-state index is 6.10. The molecule has 9 heteroatoms. The van der Waals surface area contributed by atoms with Gasteiger partial charge in [-0.05, 0) is 42.0 Å². The van der Waals surface area contributed by atoms with E-state index in [0.29, 0.717) is 6.54 Å². The highest BCUT2D eigenvalue weighted by molar-refractivity contribution is 14.0. The molecule has 0 fully saturated rings. The van der Waals surface area contributed by atoms with Crippen molar-refractivity contribution in [2.24, 2.45) is 4.99 Å². The summed E-state index contributed by atoms with van der Waals surface area (Å²) < 4.78 is 2.08. The quantitative estimate of drug-likeness (QED) is 0.201. The molecule has 3 rings (SSSR count). The van der Waals surface area contributed by atoms with Crippen molar-refractivity contribution in [2.45, 2.75) is 45.7 Å². The molecule has 6 nitrogen and oxygen atoms in total. The van der Waals surface area contributed by atoms with Crippen LogP contribution in [0.2, 0.25) is 5.02 Å². The Morgan fingerprint density at radius 1 is 1.26 bits per heavy atom. The standard InChI is InChI=1S/C22H29ClN6S.HI/c1-3-19(20-9-6-14-30-20)27-22(24-11-10-17-7-5-8-18(23)15-17)25-12-13-29-16-26-28-21(29)4-2;/h5-9,14-16,19H,3-4,10-13H2,1-2H3,(H2,24,25,27);1H. The zero-order valence-corrected chi connectivity index (χ0v) is 21.8. The van der Waals surface area contributed by atoms with E-state index < -0.39 is 0 Å². The van der Waals surface area contributed by atoms with Gasteiger partial charge in [0.2, 0.25) is 0 Å². The van der Waals surface area contributed by atoms with Crippen LogP contribution in [0.3, 0.4) is 0 Å². The highest BCUT2D eigenvalue weighted by Crippen LogP contribution is 2.21. The molecule has 168 valence electrons. The van der Waals surface area contributed by atoms with Gasteiger partial charge in [0.15, 0.2) is 5.96 Å². The lowest BCUT2D eigenvalue weighted by Crippen LogP contribution is -2.41. The highest BCUT2D eigenvalue weighted by atomic mass is 127. The number of benzene rings is 1. The van der Waals surface area contributed by atoms with Gasteiger partial charge in [0, 0.05) is 36.0 Å². The monoisotopic (exact) mass is 572 g/mol. The number of aryl methyl sites for hydroxylation is 1. The number of aliphatic imine (C=N–C) groups is 1. The number of hydrogen-bond donors (Lipinski definition) is 2. The van der Waals surface area contributed by atoms with Crippen LogP contribution in [0.25, 0.3) is 0 Å². The van der Waals surface area contributed by atoms with Crippen LogP contribution in [0, 0.1) is 0 Å². The second-order valence-corrected chi connectivity index (χ2v) is 8.37. The average Bonchev–Trinajstić information content (AvgIpc) is 3.43. The van der Waals surface area contributed by atoms with E-state index in [9.17, 15) is 0 Å². The molecule has 0 saturated carbocycles. The first-order valence-corrected chi connectivity index (χ1v) is 11.6. The smallest absolute Gasteiger partial charge is 0.191 e. The van der Waals surface area contributed by atoms with Crippen LogP contribution in [0.15, 0.2) is 53.1 Å². The molecular weight excluding hydrogens is 543 g/mol. The molecule has 3 aromatic rings. The molecule has 1 aromatic carbocycles. The van der Waals surface area contributed by atoms with E-state index in [-0.39, 0.29) is 30.0 Å². The predicted molar refractivity (Wildman–Crippen MR) is 141 cm³/mol. The number of nitrogens with one attached hydrogen (secondary N) is 2. The molecule has 31 heavy (non-hydrogen) atoms. The molecule has 0 aliphatic carbocycles. The summed E-state index contributed by atoms with van der Waals surface area (Å²) in [5.41, 5.74) is 1.19. The Labute approximate surface area is 210 Å². The van der Waals surface area contributed by atoms with Gasteiger partial charge < -0.3 is 15.2 Å². The van der Waals surface area contributed by atoms with Crippen molar-refractivity contribution in [3.63, 3.8) is 0 Å². The van der Waals surface area contributed by atoms with Gasteiger partial charge in [0.05, 0.1) is 6.04 Å². The molecule has 2 aromatic heterocycles. The fourth-order valence-corrected chi connectivity index (χ4v) is 4.28. The van der Waals surface area contributed by atoms with Crippen LogP contribution >= 0.6 is 46.9 Å². The van der Waals surface area contributed by atoms with Gasteiger partial charge in [-0.2, -0.15) is 0 Å². The first-order valence-electron chi connectivity index (χ1n) is 10.4. The van der Waals surface area contributed by atoms with Crippen molar-refractivity contribution in [2.75, 3.05) is 13.1 Å². The second-order valence-electron chi connectivity index (χ2n) is 6.95. The zero-order chi connectivity index (χ0) is 21.2. The minimum absolute atomic E-state index is 0. The molecular formula is C22H30ClIN6S. The van der Waals surface area contributed by atoms with Crippen LogP contribution in [-0.4, -0.2) is 33.8 Å². The summed E-state index contributed by atoms with van der Waals surface area (Å²) >= 11 is 7.87. The number of hydrogen-bond acceptors (Lipinski definition) is 4. The Hall–Kier alpha value is -1.65. The third-order valence-corrected chi connectivity index (χ3v) is 6.04. The third-order valence-electron chi connectivity index (χ3n) is 4.82. The number of thiophene rings is 1. The molecule has 0 spiro atoms. The van der Waals surface area contributed by atoms with E-state index >= 15 is 0 Å². The zero-order valence-electron chi connectivity index (χ0n) is 17.9. The van der Waals surface area contributed by atoms with Crippen molar-refractivity contribution in [3.05, 3.63) is 69.4 Å². The van der Waals surface area contributed by atoms with Gasteiger partial charge in [-0.25, -0.2) is 0 Å². The summed E-state index contributed by atoms with van der Waals surface area (Å²) in [5.74, 6) is 1.82. The second kappa shape index (κ2) is 13.7. The molecule has 2 N–H and O–H groups in total. The maximum absolute atomic E-state index is 6.10. The van der Waals surface area contributed by atoms with E-state index in [2.05, 4.69) is 62.8 Å². The lowest BCUT2D eigenvalue weighted by atomic mass is 10.1. The molecule has 0 saturated heterocycles. The Balaban J connectivity index is 0.00000341. The SMILES string of the molecule is CCc1nncn1CCNC(=NCCc1cccc(Cl)c1)NC(CC)c1cccs1.I. The summed E-state index contributed by atoms with van der Waals surface area (Å²) in [6, 6.07) is 12.4. The topological polar surface area (TPSA) is 67.1 Å². The third kappa shape index (κ3) is 8.08. The molecule has 1 atom stereocenters. The van der Waals surface area contributed by atoms with Gasteiger partial charge >= 0.3 is 0 Å². The number of halogens is 2. The lowest BCUT2D eigenvalue weighted by Gasteiger charge is -2.20. The normalized spacial score (nSPS) is 12.3. The number of guanidine groups is 1. The summed E-state index contributed by atoms with van der Waals surface area (Å²) in [5, 5.41) is 18.1. The number of nitrogens with zero attached hydrogens (tertiary/aromatic N) is 4.